The van der Waals surface area contributed by atoms with Gasteiger partial charge in [-0.25, -0.2) is 0 Å². The summed E-state index contributed by atoms with van der Waals surface area (Å²) in [6.45, 7) is 15.9. The Morgan fingerprint density at radius 3 is 2.30 bits per heavy atom. The van der Waals surface area contributed by atoms with Crippen molar-refractivity contribution in [3.05, 3.63) is 29.8 Å². The van der Waals surface area contributed by atoms with Crippen molar-refractivity contribution in [3.63, 3.8) is 0 Å². The second-order valence-electron chi connectivity index (χ2n) is 14.8. The molecule has 4 fully saturated rings. The van der Waals surface area contributed by atoms with Crippen LogP contribution in [0.2, 0.25) is 0 Å². The number of likely N-dealkylation sites (tertiary alicyclic amines) is 1. The molecule has 3 aliphatic heterocycles. The number of hydrogen-bond donors (Lipinski definition) is 2. The Hall–Kier alpha value is -1.64. The lowest BCUT2D eigenvalue weighted by molar-refractivity contribution is 0.148. The fourth-order valence-electron chi connectivity index (χ4n) is 8.24. The Bertz CT molecular complexity index is 1060. The van der Waals surface area contributed by atoms with Crippen LogP contribution in [0.1, 0.15) is 91.0 Å². The predicted molar refractivity (Wildman–Crippen MR) is 187 cm³/mol. The van der Waals surface area contributed by atoms with E-state index in [4.69, 9.17) is 24.4 Å². The molecule has 0 aromatic heterocycles. The summed E-state index contributed by atoms with van der Waals surface area (Å²) < 4.78 is 0. The Balaban J connectivity index is 1.26. The molecule has 2 N–H and O–H groups in total. The highest BCUT2D eigenvalue weighted by atomic mass is 32.1. The lowest BCUT2D eigenvalue weighted by Crippen LogP contribution is -2.51. The smallest absolute Gasteiger partial charge is 0.172 e. The molecule has 1 aromatic rings. The predicted octanol–water partition coefficient (Wildman–Crippen LogP) is 6.27. The molecule has 0 radical (unpaired) electrons. The average Bonchev–Trinajstić information content (AvgIpc) is 3.64. The molecule has 1 aromatic carbocycles. The van der Waals surface area contributed by atoms with Gasteiger partial charge < -0.3 is 25.1 Å². The SMILES string of the molecule is CC(C)C[C@H]1CN([C@@H](CC(C)C)CN2CCCC2CN2C(=S)NC[C@@H]2Cc2ccc(O)cc2)C(=S)N1CC1CCCCC1. The van der Waals surface area contributed by atoms with Crippen LogP contribution in [0.3, 0.4) is 0 Å². The van der Waals surface area contributed by atoms with Gasteiger partial charge in [0.2, 0.25) is 0 Å². The van der Waals surface area contributed by atoms with Crippen molar-refractivity contribution < 1.29 is 5.11 Å². The molecule has 1 saturated carbocycles. The van der Waals surface area contributed by atoms with Crippen molar-refractivity contribution in [2.24, 2.45) is 17.8 Å². The first-order valence-corrected chi connectivity index (χ1v) is 18.1. The zero-order valence-electron chi connectivity index (χ0n) is 27.2. The van der Waals surface area contributed by atoms with Crippen molar-refractivity contribution >= 4 is 34.7 Å². The molecule has 0 bridgehead atoms. The van der Waals surface area contributed by atoms with Crippen LogP contribution >= 0.6 is 24.4 Å². The molecule has 1 aliphatic carbocycles. The molecule has 8 heteroatoms. The molecule has 240 valence electrons. The third kappa shape index (κ3) is 8.55. The molecule has 3 saturated heterocycles. The Morgan fingerprint density at radius 1 is 0.860 bits per heavy atom. The fraction of sp³-hybridized carbons (Fsp3) is 0.771. The summed E-state index contributed by atoms with van der Waals surface area (Å²) in [6.07, 6.45) is 12.8. The van der Waals surface area contributed by atoms with Crippen LogP contribution in [0.4, 0.5) is 0 Å². The Morgan fingerprint density at radius 2 is 1.60 bits per heavy atom. The van der Waals surface area contributed by atoms with Gasteiger partial charge in [0.15, 0.2) is 10.2 Å². The minimum atomic E-state index is 0.323. The maximum Gasteiger partial charge on any atom is 0.172 e. The van der Waals surface area contributed by atoms with Crippen LogP contribution < -0.4 is 5.32 Å². The van der Waals surface area contributed by atoms with Gasteiger partial charge in [-0.15, -0.1) is 0 Å². The lowest BCUT2D eigenvalue weighted by atomic mass is 9.88. The number of rotatable bonds is 13. The second-order valence-corrected chi connectivity index (χ2v) is 15.6. The number of aromatic hydroxyl groups is 1. The summed E-state index contributed by atoms with van der Waals surface area (Å²) in [5, 5.41) is 15.2. The minimum absolute atomic E-state index is 0.323. The summed E-state index contributed by atoms with van der Waals surface area (Å²) in [5.41, 5.74) is 1.25. The first kappa shape index (κ1) is 32.7. The maximum absolute atomic E-state index is 9.73. The molecular weight excluding hydrogens is 571 g/mol. The van der Waals surface area contributed by atoms with E-state index in [9.17, 15) is 5.11 Å². The van der Waals surface area contributed by atoms with E-state index in [1.807, 2.05) is 12.1 Å². The van der Waals surface area contributed by atoms with Crippen LogP contribution in [0, 0.1) is 17.8 Å². The molecule has 5 rings (SSSR count). The highest BCUT2D eigenvalue weighted by Crippen LogP contribution is 2.32. The topological polar surface area (TPSA) is 45.2 Å². The number of nitrogens with one attached hydrogen (secondary N) is 1. The summed E-state index contributed by atoms with van der Waals surface area (Å²) >= 11 is 12.2. The van der Waals surface area contributed by atoms with E-state index in [-0.39, 0.29) is 0 Å². The standard InChI is InChI=1S/C35H57N5OS2/c1-25(2)17-31(40-24-32(18-26(3)4)39(35(40)43)21-28-9-6-5-7-10-28)22-37-16-8-11-29(37)23-38-30(20-36-34(38)42)19-27-12-14-33(41)15-13-27/h12-15,25-26,28-32,41H,5-11,16-24H2,1-4H3,(H,36,42)/t29?,30-,31-,32-/m0/s1. The first-order chi connectivity index (χ1) is 20.7. The zero-order chi connectivity index (χ0) is 30.5. The monoisotopic (exact) mass is 627 g/mol. The van der Waals surface area contributed by atoms with Gasteiger partial charge in [0.25, 0.3) is 0 Å². The van der Waals surface area contributed by atoms with Crippen LogP contribution in [0.5, 0.6) is 5.75 Å². The molecule has 3 heterocycles. The molecule has 4 atom stereocenters. The van der Waals surface area contributed by atoms with Crippen molar-refractivity contribution in [2.75, 3.05) is 39.3 Å². The van der Waals surface area contributed by atoms with Crippen molar-refractivity contribution in [2.45, 2.75) is 116 Å². The fourth-order valence-corrected chi connectivity index (χ4v) is 8.99. The summed E-state index contributed by atoms with van der Waals surface area (Å²) in [4.78, 5) is 10.6. The van der Waals surface area contributed by atoms with Gasteiger partial charge in [-0.3, -0.25) is 4.90 Å². The van der Waals surface area contributed by atoms with Gasteiger partial charge in [-0.1, -0.05) is 59.1 Å². The zero-order valence-corrected chi connectivity index (χ0v) is 28.9. The molecule has 0 amide bonds. The van der Waals surface area contributed by atoms with E-state index in [2.05, 4.69) is 52.6 Å². The van der Waals surface area contributed by atoms with E-state index in [1.54, 1.807) is 12.1 Å². The highest BCUT2D eigenvalue weighted by molar-refractivity contribution is 7.80. The molecule has 0 spiro atoms. The van der Waals surface area contributed by atoms with Gasteiger partial charge in [0, 0.05) is 50.8 Å². The number of thiocarbonyl (C=S) groups is 2. The number of phenols is 1. The van der Waals surface area contributed by atoms with Gasteiger partial charge in [0.1, 0.15) is 5.75 Å². The Labute approximate surface area is 272 Å². The minimum Gasteiger partial charge on any atom is -0.508 e. The summed E-state index contributed by atoms with van der Waals surface area (Å²) in [6, 6.07) is 9.52. The lowest BCUT2D eigenvalue weighted by Gasteiger charge is -2.38. The third-order valence-electron chi connectivity index (χ3n) is 10.4. The van der Waals surface area contributed by atoms with Gasteiger partial charge in [0.05, 0.1) is 6.04 Å². The number of phenolic OH excluding ortho intramolecular Hbond substituents is 1. The van der Waals surface area contributed by atoms with Crippen LogP contribution in [-0.4, -0.2) is 98.4 Å². The number of hydrogen-bond acceptors (Lipinski definition) is 4. The maximum atomic E-state index is 9.73. The van der Waals surface area contributed by atoms with Gasteiger partial charge in [-0.05, 0) is 111 Å². The van der Waals surface area contributed by atoms with Crippen LogP contribution in [0.25, 0.3) is 0 Å². The number of benzene rings is 1. The second kappa shape index (κ2) is 15.1. The first-order valence-electron chi connectivity index (χ1n) is 17.3. The van der Waals surface area contributed by atoms with Crippen molar-refractivity contribution in [1.82, 2.24) is 24.9 Å². The van der Waals surface area contributed by atoms with E-state index in [0.29, 0.717) is 41.8 Å². The van der Waals surface area contributed by atoms with Crippen LogP contribution in [-0.2, 0) is 6.42 Å². The molecule has 1 unspecified atom stereocenters. The quantitative estimate of drug-likeness (QED) is 0.248. The van der Waals surface area contributed by atoms with Gasteiger partial charge >= 0.3 is 0 Å². The van der Waals surface area contributed by atoms with E-state index in [1.165, 1.54) is 63.4 Å². The van der Waals surface area contributed by atoms with E-state index < -0.39 is 0 Å². The normalized spacial score (nSPS) is 26.4. The molecule has 6 nitrogen and oxygen atoms in total. The summed E-state index contributed by atoms with van der Waals surface area (Å²) in [7, 11) is 0. The van der Waals surface area contributed by atoms with Crippen molar-refractivity contribution in [1.29, 1.82) is 0 Å². The largest absolute Gasteiger partial charge is 0.508 e. The highest BCUT2D eigenvalue weighted by Gasteiger charge is 2.41. The van der Waals surface area contributed by atoms with Gasteiger partial charge in [-0.2, -0.15) is 0 Å². The van der Waals surface area contributed by atoms with Crippen molar-refractivity contribution in [3.8, 4) is 5.75 Å². The summed E-state index contributed by atoms with van der Waals surface area (Å²) in [5.74, 6) is 2.44. The Kier molecular flexibility index (Phi) is 11.5. The van der Waals surface area contributed by atoms with E-state index in [0.717, 1.165) is 61.8 Å². The third-order valence-corrected chi connectivity index (χ3v) is 11.2. The molecular formula is C35H57N5OS2. The van der Waals surface area contributed by atoms with E-state index >= 15 is 0 Å². The average molecular weight is 628 g/mol. The van der Waals surface area contributed by atoms with Crippen LogP contribution in [0.15, 0.2) is 24.3 Å². The number of nitrogens with zero attached hydrogens (tertiary/aromatic N) is 4. The molecule has 43 heavy (non-hydrogen) atoms. The molecule has 4 aliphatic rings.